The predicted octanol–water partition coefficient (Wildman–Crippen LogP) is 2.25. The molecule has 0 aromatic carbocycles. The lowest BCUT2D eigenvalue weighted by Gasteiger charge is -2.23. The van der Waals surface area contributed by atoms with Crippen LogP contribution >= 0.6 is 7.82 Å². The van der Waals surface area contributed by atoms with Crippen LogP contribution in [0.5, 0.6) is 0 Å². The van der Waals surface area contributed by atoms with E-state index in [4.69, 9.17) is 26.1 Å². The van der Waals surface area contributed by atoms with Gasteiger partial charge in [0.05, 0.1) is 0 Å². The smallest absolute Gasteiger partial charge is 0.330 e. The van der Waals surface area contributed by atoms with Crippen molar-refractivity contribution in [2.24, 2.45) is 0 Å². The first-order valence-corrected chi connectivity index (χ1v) is 9.17. The Morgan fingerprint density at radius 3 is 1.80 bits per heavy atom. The van der Waals surface area contributed by atoms with Crippen LogP contribution < -0.4 is 0 Å². The zero-order valence-corrected chi connectivity index (χ0v) is 11.0. The third kappa shape index (κ3) is 7.38. The fraction of sp³-hybridized carbons (Fsp3) is 0.556. The van der Waals surface area contributed by atoms with Gasteiger partial charge in [0.15, 0.2) is 8.32 Å². The molecule has 0 amide bonds. The van der Waals surface area contributed by atoms with Gasteiger partial charge in [-0.1, -0.05) is 11.8 Å². The molecule has 0 atom stereocenters. The Kier molecular flexibility index (Phi) is 5.90. The van der Waals surface area contributed by atoms with Crippen molar-refractivity contribution in [1.82, 2.24) is 0 Å². The summed E-state index contributed by atoms with van der Waals surface area (Å²) < 4.78 is 27.0. The Morgan fingerprint density at radius 2 is 1.53 bits per heavy atom. The van der Waals surface area contributed by atoms with Crippen LogP contribution in [0.2, 0.25) is 19.6 Å². The first-order valence-electron chi connectivity index (χ1n) is 4.30. The molecule has 4 nitrogen and oxygen atoms in total. The molecule has 0 aliphatic rings. The third-order valence-electron chi connectivity index (χ3n) is 0.998. The highest BCUT2D eigenvalue weighted by molar-refractivity contribution is 7.50. The third-order valence-corrected chi connectivity index (χ3v) is 4.97. The first kappa shape index (κ1) is 14.4. The molecule has 0 aliphatic heterocycles. The average molecular weight is 246 g/mol. The molecular weight excluding hydrogens is 231 g/mol. The van der Waals surface area contributed by atoms with E-state index < -0.39 is 16.1 Å². The molecule has 0 aliphatic carbocycles. The fourth-order valence-electron chi connectivity index (χ4n) is 0.658. The van der Waals surface area contributed by atoms with E-state index in [1.165, 1.54) is 0 Å². The summed E-state index contributed by atoms with van der Waals surface area (Å²) in [6.45, 7) is 5.31. The Morgan fingerprint density at radius 1 is 1.13 bits per heavy atom. The number of hydrogen-bond acceptors (Lipinski definition) is 4. The lowest BCUT2D eigenvalue weighted by molar-refractivity contribution is 0.183. The van der Waals surface area contributed by atoms with Crippen molar-refractivity contribution in [2.75, 3.05) is 13.2 Å². The number of rotatable bonds is 6. The van der Waals surface area contributed by atoms with Crippen molar-refractivity contribution >= 4 is 16.1 Å². The minimum atomic E-state index is -3.60. The predicted molar refractivity (Wildman–Crippen MR) is 61.6 cm³/mol. The minimum Gasteiger partial charge on any atom is -0.330 e. The largest absolute Gasteiger partial charge is 0.466 e. The summed E-state index contributed by atoms with van der Waals surface area (Å²) in [7, 11) is -5.64. The molecular formula is C9H15O4PSi. The zero-order valence-electron chi connectivity index (χ0n) is 9.15. The molecule has 15 heavy (non-hydrogen) atoms. The number of phosphoric acid groups is 1. The summed E-state index contributed by atoms with van der Waals surface area (Å²) in [6.07, 6.45) is 9.98. The van der Waals surface area contributed by atoms with E-state index in [0.29, 0.717) is 0 Å². The van der Waals surface area contributed by atoms with Crippen LogP contribution in [-0.2, 0) is 17.8 Å². The monoisotopic (exact) mass is 246 g/mol. The maximum absolute atomic E-state index is 11.9. The first-order chi connectivity index (χ1) is 6.83. The Labute approximate surface area is 92.1 Å². The summed E-state index contributed by atoms with van der Waals surface area (Å²) in [5.41, 5.74) is 0. The highest BCUT2D eigenvalue weighted by Crippen LogP contribution is 2.51. The second-order valence-corrected chi connectivity index (χ2v) is 9.97. The van der Waals surface area contributed by atoms with Gasteiger partial charge in [0.25, 0.3) is 0 Å². The molecule has 0 spiro atoms. The second kappa shape index (κ2) is 6.12. The minimum absolute atomic E-state index is 0.133. The normalized spacial score (nSPS) is 11.8. The van der Waals surface area contributed by atoms with Crippen molar-refractivity contribution in [3.63, 3.8) is 0 Å². The molecule has 0 fully saturated rings. The average Bonchev–Trinajstić information content (AvgIpc) is 2.09. The topological polar surface area (TPSA) is 44.8 Å². The molecule has 84 valence electrons. The van der Waals surface area contributed by atoms with E-state index in [-0.39, 0.29) is 13.2 Å². The van der Waals surface area contributed by atoms with Crippen molar-refractivity contribution in [3.05, 3.63) is 0 Å². The van der Waals surface area contributed by atoms with Gasteiger partial charge in [-0.2, -0.15) is 0 Å². The van der Waals surface area contributed by atoms with E-state index in [1.54, 1.807) is 0 Å². The van der Waals surface area contributed by atoms with Gasteiger partial charge in [0.2, 0.25) is 0 Å². The molecule has 0 aromatic heterocycles. The summed E-state index contributed by atoms with van der Waals surface area (Å²) >= 11 is 0. The molecule has 0 aromatic rings. The highest BCUT2D eigenvalue weighted by Gasteiger charge is 2.33. The van der Waals surface area contributed by atoms with Gasteiger partial charge < -0.3 is 4.21 Å². The van der Waals surface area contributed by atoms with Gasteiger partial charge >= 0.3 is 7.82 Å². The summed E-state index contributed by atoms with van der Waals surface area (Å²) in [4.78, 5) is 0. The lowest BCUT2D eigenvalue weighted by atomic mass is 10.8. The van der Waals surface area contributed by atoms with Crippen molar-refractivity contribution < 1.29 is 17.8 Å². The Balaban J connectivity index is 4.50. The van der Waals surface area contributed by atoms with Gasteiger partial charge in [-0.3, -0.25) is 9.05 Å². The van der Waals surface area contributed by atoms with Gasteiger partial charge in [-0.05, 0) is 19.6 Å². The van der Waals surface area contributed by atoms with E-state index in [9.17, 15) is 4.57 Å². The molecule has 0 heterocycles. The second-order valence-electron chi connectivity index (χ2n) is 3.61. The lowest BCUT2D eigenvalue weighted by Crippen LogP contribution is -2.25. The quantitative estimate of drug-likeness (QED) is 0.409. The van der Waals surface area contributed by atoms with Gasteiger partial charge in [-0.15, -0.1) is 12.8 Å². The fourth-order valence-corrected chi connectivity index (χ4v) is 4.30. The SMILES string of the molecule is C#CCOP(=O)(OCC#C)O[Si](C)(C)C. The van der Waals surface area contributed by atoms with Crippen LogP contribution in [0.25, 0.3) is 0 Å². The van der Waals surface area contributed by atoms with E-state index in [1.807, 2.05) is 19.6 Å². The molecule has 0 rings (SSSR count). The van der Waals surface area contributed by atoms with Gasteiger partial charge in [-0.25, -0.2) is 4.57 Å². The van der Waals surface area contributed by atoms with Crippen LogP contribution in [0.1, 0.15) is 0 Å². The zero-order chi connectivity index (χ0) is 11.9. The summed E-state index contributed by atoms with van der Waals surface area (Å²) in [6, 6.07) is 0. The van der Waals surface area contributed by atoms with Crippen LogP contribution in [0.4, 0.5) is 0 Å². The Bertz CT molecular complexity index is 298. The molecule has 6 heteroatoms. The molecule has 0 saturated heterocycles. The number of terminal acetylenes is 2. The van der Waals surface area contributed by atoms with E-state index in [2.05, 4.69) is 11.8 Å². The van der Waals surface area contributed by atoms with Crippen molar-refractivity contribution in [2.45, 2.75) is 19.6 Å². The van der Waals surface area contributed by atoms with Gasteiger partial charge in [0, 0.05) is 0 Å². The van der Waals surface area contributed by atoms with Crippen LogP contribution in [0, 0.1) is 24.7 Å². The molecule has 0 radical (unpaired) electrons. The maximum Gasteiger partial charge on any atom is 0.466 e. The van der Waals surface area contributed by atoms with Crippen molar-refractivity contribution in [3.8, 4) is 24.7 Å². The van der Waals surface area contributed by atoms with Crippen LogP contribution in [0.15, 0.2) is 0 Å². The van der Waals surface area contributed by atoms with Gasteiger partial charge in [0.1, 0.15) is 13.2 Å². The standard InChI is InChI=1S/C9H15O4PSi/c1-6-8-11-14(10,12-9-7-2)13-15(3,4)5/h1-2H,8-9H2,3-5H3. The van der Waals surface area contributed by atoms with Crippen molar-refractivity contribution in [1.29, 1.82) is 0 Å². The molecule has 0 unspecified atom stereocenters. The molecule has 0 bridgehead atoms. The summed E-state index contributed by atoms with van der Waals surface area (Å²) in [5.74, 6) is 4.39. The molecule has 0 saturated carbocycles. The number of phosphoric ester groups is 1. The van der Waals surface area contributed by atoms with E-state index in [0.717, 1.165) is 0 Å². The number of hydrogen-bond donors (Lipinski definition) is 0. The van der Waals surface area contributed by atoms with E-state index >= 15 is 0 Å². The summed E-state index contributed by atoms with van der Waals surface area (Å²) in [5, 5.41) is 0. The molecule has 0 N–H and O–H groups in total. The van der Waals surface area contributed by atoms with Crippen LogP contribution in [0.3, 0.4) is 0 Å². The Hall–Kier alpha value is -0.553. The van der Waals surface area contributed by atoms with Crippen LogP contribution in [-0.4, -0.2) is 21.5 Å². The highest BCUT2D eigenvalue weighted by atomic mass is 31.2. The maximum atomic E-state index is 11.9.